The average molecular weight is 182 g/mol. The fourth-order valence-corrected chi connectivity index (χ4v) is 0.338. The maximum atomic E-state index is 3.85. The van der Waals surface area contributed by atoms with Gasteiger partial charge in [0.05, 0.1) is 5.71 Å². The topological polar surface area (TPSA) is 24.7 Å². The first-order valence-corrected chi connectivity index (χ1v) is 4.60. The molecule has 0 spiro atoms. The summed E-state index contributed by atoms with van der Waals surface area (Å²) in [5.74, 6) is 0. The van der Waals surface area contributed by atoms with Crippen molar-refractivity contribution in [1.29, 1.82) is 0 Å². The van der Waals surface area contributed by atoms with Crippen molar-refractivity contribution in [3.63, 3.8) is 0 Å². The molecule has 0 heterocycles. The molecule has 0 fully saturated rings. The zero-order valence-corrected chi connectivity index (χ0v) is 9.54. The van der Waals surface area contributed by atoms with Gasteiger partial charge in [0.15, 0.2) is 0 Å². The van der Waals surface area contributed by atoms with Crippen molar-refractivity contribution in [3.8, 4) is 0 Å². The molecule has 13 heavy (non-hydrogen) atoms. The molecular weight excluding hydrogens is 160 g/mol. The van der Waals surface area contributed by atoms with Gasteiger partial charge in [0, 0.05) is 18.6 Å². The Morgan fingerprint density at radius 2 is 1.46 bits per heavy atom. The molecule has 0 unspecified atom stereocenters. The Kier molecular flexibility index (Phi) is 30.7. The van der Waals surface area contributed by atoms with E-state index in [9.17, 15) is 0 Å². The molecule has 0 radical (unpaired) electrons. The Bertz CT molecular complexity index is 155. The largest absolute Gasteiger partial charge is 0.263 e. The lowest BCUT2D eigenvalue weighted by Gasteiger charge is -1.81. The van der Waals surface area contributed by atoms with E-state index in [-0.39, 0.29) is 0 Å². The quantitative estimate of drug-likeness (QED) is 0.592. The van der Waals surface area contributed by atoms with Crippen molar-refractivity contribution in [2.75, 3.05) is 0 Å². The van der Waals surface area contributed by atoms with Crippen LogP contribution < -0.4 is 0 Å². The highest BCUT2D eigenvalue weighted by molar-refractivity contribution is 6.29. The summed E-state index contributed by atoms with van der Waals surface area (Å²) in [5.41, 5.74) is 0.824. The predicted octanol–water partition coefficient (Wildman–Crippen LogP) is 3.86. The number of aliphatic imine (C=N–C) groups is 2. The molecule has 0 aliphatic carbocycles. The minimum absolute atomic E-state index is 0.824. The highest BCUT2D eigenvalue weighted by atomic mass is 14.7. The van der Waals surface area contributed by atoms with Gasteiger partial charge in [0.1, 0.15) is 0 Å². The van der Waals surface area contributed by atoms with Gasteiger partial charge in [-0.1, -0.05) is 40.9 Å². The summed E-state index contributed by atoms with van der Waals surface area (Å²) in [6.07, 6.45) is 4.56. The van der Waals surface area contributed by atoms with E-state index in [0.29, 0.717) is 0 Å². The van der Waals surface area contributed by atoms with Gasteiger partial charge < -0.3 is 0 Å². The summed E-state index contributed by atoms with van der Waals surface area (Å²) >= 11 is 0. The van der Waals surface area contributed by atoms with E-state index >= 15 is 0 Å². The smallest absolute Gasteiger partial charge is 0.0554 e. The van der Waals surface area contributed by atoms with Crippen LogP contribution >= 0.6 is 0 Å². The number of hydrogen-bond donors (Lipinski definition) is 0. The van der Waals surface area contributed by atoms with Crippen LogP contribution in [0.25, 0.3) is 0 Å². The lowest BCUT2D eigenvalue weighted by molar-refractivity contribution is 1.50. The highest BCUT2D eigenvalue weighted by Gasteiger charge is 1.75. The average Bonchev–Trinajstić information content (AvgIpc) is 2.21. The Morgan fingerprint density at radius 1 is 1.00 bits per heavy atom. The van der Waals surface area contributed by atoms with Crippen molar-refractivity contribution < 1.29 is 0 Å². The molecular formula is C11H22N2. The minimum Gasteiger partial charge on any atom is -0.263 e. The van der Waals surface area contributed by atoms with Crippen molar-refractivity contribution in [1.82, 2.24) is 0 Å². The van der Waals surface area contributed by atoms with Gasteiger partial charge in [0.2, 0.25) is 0 Å². The summed E-state index contributed by atoms with van der Waals surface area (Å²) in [5, 5.41) is 0. The van der Waals surface area contributed by atoms with Crippen molar-refractivity contribution in [3.05, 3.63) is 25.6 Å². The van der Waals surface area contributed by atoms with Crippen LogP contribution in [0.15, 0.2) is 35.5 Å². The van der Waals surface area contributed by atoms with Gasteiger partial charge in [0.25, 0.3) is 0 Å². The van der Waals surface area contributed by atoms with Crippen LogP contribution in [-0.2, 0) is 0 Å². The molecule has 0 atom stereocenters. The van der Waals surface area contributed by atoms with Gasteiger partial charge >= 0.3 is 0 Å². The van der Waals surface area contributed by atoms with Gasteiger partial charge in [-0.05, 0) is 6.92 Å². The lowest BCUT2D eigenvalue weighted by Crippen LogP contribution is -1.88. The third-order valence-electron chi connectivity index (χ3n) is 0.662. The first-order valence-electron chi connectivity index (χ1n) is 4.60. The van der Waals surface area contributed by atoms with E-state index in [1.165, 1.54) is 12.4 Å². The van der Waals surface area contributed by atoms with Crippen LogP contribution in [-0.4, -0.2) is 11.9 Å². The maximum Gasteiger partial charge on any atom is 0.0554 e. The predicted molar refractivity (Wildman–Crippen MR) is 64.7 cm³/mol. The second-order valence-electron chi connectivity index (χ2n) is 1.41. The fraction of sp³-hybridized carbons (Fsp3) is 0.455. The Balaban J connectivity index is -0.000000218. The molecule has 0 saturated carbocycles. The third-order valence-corrected chi connectivity index (χ3v) is 0.662. The van der Waals surface area contributed by atoms with E-state index in [1.807, 2.05) is 34.6 Å². The van der Waals surface area contributed by atoms with E-state index in [4.69, 9.17) is 0 Å². The molecule has 2 nitrogen and oxygen atoms in total. The van der Waals surface area contributed by atoms with Crippen LogP contribution in [0.5, 0.6) is 0 Å². The first kappa shape index (κ1) is 17.8. The second-order valence-corrected chi connectivity index (χ2v) is 1.41. The molecule has 0 aromatic rings. The number of nitrogens with zero attached hydrogens (tertiary/aromatic N) is 2. The molecule has 0 aromatic carbocycles. The molecule has 0 aliphatic rings. The van der Waals surface area contributed by atoms with E-state index in [2.05, 4.69) is 23.1 Å². The Labute approximate surface area is 82.8 Å². The van der Waals surface area contributed by atoms with Crippen LogP contribution in [0.1, 0.15) is 34.6 Å². The molecule has 76 valence electrons. The van der Waals surface area contributed by atoms with Gasteiger partial charge in [-0.15, -0.1) is 0 Å². The first-order chi connectivity index (χ1) is 6.31. The number of hydrogen-bond acceptors (Lipinski definition) is 2. The lowest BCUT2D eigenvalue weighted by atomic mass is 10.5. The van der Waals surface area contributed by atoms with Crippen molar-refractivity contribution in [2.45, 2.75) is 34.6 Å². The van der Waals surface area contributed by atoms with E-state index < -0.39 is 0 Å². The highest BCUT2D eigenvalue weighted by Crippen LogP contribution is 1.74. The summed E-state index contributed by atoms with van der Waals surface area (Å²) in [7, 11) is 0. The molecule has 0 aromatic heterocycles. The molecule has 0 amide bonds. The van der Waals surface area contributed by atoms with E-state index in [0.717, 1.165) is 5.71 Å². The second kappa shape index (κ2) is 22.4. The molecule has 2 heteroatoms. The van der Waals surface area contributed by atoms with Gasteiger partial charge in [-0.25, -0.2) is 0 Å². The summed E-state index contributed by atoms with van der Waals surface area (Å²) in [4.78, 5) is 7.60. The summed E-state index contributed by atoms with van der Waals surface area (Å²) < 4.78 is 0. The van der Waals surface area contributed by atoms with Crippen molar-refractivity contribution >= 4 is 11.9 Å². The van der Waals surface area contributed by atoms with Gasteiger partial charge in [-0.3, -0.25) is 9.98 Å². The molecule has 0 rings (SSSR count). The zero-order chi connectivity index (χ0) is 11.1. The SMILES string of the molecule is C=CN=CC(C)=NC=C.CC.CC. The third kappa shape index (κ3) is 24.8. The van der Waals surface area contributed by atoms with Crippen LogP contribution in [0.3, 0.4) is 0 Å². The molecule has 0 bridgehead atoms. The number of rotatable bonds is 3. The molecule has 0 N–H and O–H groups in total. The normalized spacial score (nSPS) is 9.15. The van der Waals surface area contributed by atoms with Crippen LogP contribution in [0.2, 0.25) is 0 Å². The summed E-state index contributed by atoms with van der Waals surface area (Å²) in [6.45, 7) is 16.7. The van der Waals surface area contributed by atoms with Crippen LogP contribution in [0.4, 0.5) is 0 Å². The molecule has 0 saturated heterocycles. The standard InChI is InChI=1S/C7H10N2.2C2H6/c1-4-8-6-7(3)9-5-2;2*1-2/h4-6H,1-2H2,3H3;2*1-2H3. The monoisotopic (exact) mass is 182 g/mol. The van der Waals surface area contributed by atoms with E-state index in [1.54, 1.807) is 6.21 Å². The zero-order valence-electron chi connectivity index (χ0n) is 9.54. The summed E-state index contributed by atoms with van der Waals surface area (Å²) in [6, 6.07) is 0. The minimum atomic E-state index is 0.824. The van der Waals surface area contributed by atoms with Crippen LogP contribution in [0, 0.1) is 0 Å². The maximum absolute atomic E-state index is 3.85. The Morgan fingerprint density at radius 3 is 1.77 bits per heavy atom. The van der Waals surface area contributed by atoms with Gasteiger partial charge in [-0.2, -0.15) is 0 Å². The molecule has 0 aliphatic heterocycles. The Hall–Kier alpha value is -1.18. The fourth-order valence-electron chi connectivity index (χ4n) is 0.338. The van der Waals surface area contributed by atoms with Crippen molar-refractivity contribution in [2.24, 2.45) is 9.98 Å².